The van der Waals surface area contributed by atoms with Crippen LogP contribution in [0.4, 0.5) is 0 Å². The molecule has 1 rings (SSSR count). The molecule has 0 unspecified atom stereocenters. The lowest BCUT2D eigenvalue weighted by atomic mass is 9.97. The molecule has 1 aromatic rings. The minimum atomic E-state index is -0.367. The summed E-state index contributed by atoms with van der Waals surface area (Å²) in [5.41, 5.74) is 1.62. The van der Waals surface area contributed by atoms with Crippen LogP contribution in [0, 0.1) is 0 Å². The number of hydrogen-bond donors (Lipinski definition) is 0. The lowest BCUT2D eigenvalue weighted by Crippen LogP contribution is -2.07. The Balaban J connectivity index is 2.88. The molecule has 0 aromatic heterocycles. The highest BCUT2D eigenvalue weighted by molar-refractivity contribution is 5.97. The molecule has 0 amide bonds. The normalized spacial score (nSPS) is 10.4. The van der Waals surface area contributed by atoms with Crippen LogP contribution >= 0.6 is 0 Å². The third-order valence-corrected chi connectivity index (χ3v) is 3.04. The molecule has 0 saturated heterocycles. The molecule has 4 nitrogen and oxygen atoms in total. The van der Waals surface area contributed by atoms with E-state index in [0.29, 0.717) is 12.2 Å². The summed E-state index contributed by atoms with van der Waals surface area (Å²) in [5.74, 6) is 0.658. The first-order chi connectivity index (χ1) is 9.49. The van der Waals surface area contributed by atoms with E-state index in [-0.39, 0.29) is 30.5 Å². The number of esters is 1. The molecule has 0 radical (unpaired) electrons. The third-order valence-electron chi connectivity index (χ3n) is 3.04. The van der Waals surface area contributed by atoms with Crippen molar-refractivity contribution in [1.29, 1.82) is 0 Å². The van der Waals surface area contributed by atoms with Crippen LogP contribution in [0.3, 0.4) is 0 Å². The Hall–Kier alpha value is -1.84. The second-order valence-electron chi connectivity index (χ2n) is 4.84. The van der Waals surface area contributed by atoms with Crippen molar-refractivity contribution in [1.82, 2.24) is 0 Å². The largest absolute Gasteiger partial charge is 0.494 e. The summed E-state index contributed by atoms with van der Waals surface area (Å²) in [6.45, 7) is 6.63. The van der Waals surface area contributed by atoms with Gasteiger partial charge in [-0.1, -0.05) is 13.8 Å². The Kier molecular flexibility index (Phi) is 6.22. The van der Waals surface area contributed by atoms with Crippen molar-refractivity contribution in [2.45, 2.75) is 39.5 Å². The summed E-state index contributed by atoms with van der Waals surface area (Å²) in [6, 6.07) is 5.43. The molecule has 0 fully saturated rings. The Morgan fingerprint density at radius 1 is 1.20 bits per heavy atom. The molecule has 0 N–H and O–H groups in total. The van der Waals surface area contributed by atoms with E-state index in [9.17, 15) is 9.59 Å². The highest BCUT2D eigenvalue weighted by atomic mass is 16.5. The topological polar surface area (TPSA) is 52.6 Å². The van der Waals surface area contributed by atoms with E-state index in [2.05, 4.69) is 18.6 Å². The minimum Gasteiger partial charge on any atom is -0.494 e. The number of carbonyl (C=O) groups is 2. The van der Waals surface area contributed by atoms with Crippen molar-refractivity contribution in [3.05, 3.63) is 29.3 Å². The molecule has 0 aliphatic carbocycles. The summed E-state index contributed by atoms with van der Waals surface area (Å²) in [4.78, 5) is 23.1. The molecule has 0 spiro atoms. The van der Waals surface area contributed by atoms with Gasteiger partial charge in [-0.2, -0.15) is 0 Å². The van der Waals surface area contributed by atoms with E-state index in [1.165, 1.54) is 7.11 Å². The van der Waals surface area contributed by atoms with Crippen LogP contribution in [-0.2, 0) is 9.53 Å². The predicted octanol–water partition coefficient (Wildman–Crippen LogP) is 3.34. The molecule has 1 aromatic carbocycles. The third kappa shape index (κ3) is 4.37. The van der Waals surface area contributed by atoms with Crippen LogP contribution < -0.4 is 4.74 Å². The van der Waals surface area contributed by atoms with E-state index in [1.807, 2.05) is 19.1 Å². The van der Waals surface area contributed by atoms with E-state index in [0.717, 1.165) is 11.3 Å². The molecule has 20 heavy (non-hydrogen) atoms. The molecule has 0 atom stereocenters. The van der Waals surface area contributed by atoms with Gasteiger partial charge in [-0.3, -0.25) is 9.59 Å². The van der Waals surface area contributed by atoms with Gasteiger partial charge >= 0.3 is 5.97 Å². The maximum atomic E-state index is 12.1. The number of ketones is 1. The van der Waals surface area contributed by atoms with Crippen molar-refractivity contribution in [3.8, 4) is 5.75 Å². The number of carbonyl (C=O) groups excluding carboxylic acids is 2. The van der Waals surface area contributed by atoms with Crippen LogP contribution in [0.25, 0.3) is 0 Å². The van der Waals surface area contributed by atoms with Crippen LogP contribution in [0.15, 0.2) is 18.2 Å². The van der Waals surface area contributed by atoms with Crippen LogP contribution in [0.2, 0.25) is 0 Å². The van der Waals surface area contributed by atoms with Gasteiger partial charge in [0, 0.05) is 12.0 Å². The molecule has 0 saturated carbocycles. The molecule has 0 bridgehead atoms. The Labute approximate surface area is 120 Å². The molecule has 0 aliphatic heterocycles. The fraction of sp³-hybridized carbons (Fsp3) is 0.500. The van der Waals surface area contributed by atoms with Gasteiger partial charge in [-0.15, -0.1) is 0 Å². The standard InChI is InChI=1S/C16H22O4/c1-5-20-15-8-6-12(10-13(15)11(2)3)14(17)7-9-16(18)19-4/h6,8,10-11H,5,7,9H2,1-4H3. The highest BCUT2D eigenvalue weighted by Crippen LogP contribution is 2.28. The average molecular weight is 278 g/mol. The van der Waals surface area contributed by atoms with Crippen molar-refractivity contribution in [2.75, 3.05) is 13.7 Å². The predicted molar refractivity (Wildman–Crippen MR) is 77.3 cm³/mol. The number of rotatable bonds is 7. The maximum absolute atomic E-state index is 12.1. The second-order valence-corrected chi connectivity index (χ2v) is 4.84. The number of methoxy groups -OCH3 is 1. The van der Waals surface area contributed by atoms with Gasteiger partial charge in [0.1, 0.15) is 5.75 Å². The van der Waals surface area contributed by atoms with Crippen molar-refractivity contribution in [3.63, 3.8) is 0 Å². The highest BCUT2D eigenvalue weighted by Gasteiger charge is 2.14. The zero-order valence-electron chi connectivity index (χ0n) is 12.6. The van der Waals surface area contributed by atoms with Crippen molar-refractivity contribution < 1.29 is 19.1 Å². The summed E-state index contributed by atoms with van der Waals surface area (Å²) in [7, 11) is 1.32. The first kappa shape index (κ1) is 16.2. The molecule has 0 heterocycles. The first-order valence-electron chi connectivity index (χ1n) is 6.86. The number of Topliss-reactive ketones (excluding diaryl/α,β-unsaturated/α-hetero) is 1. The fourth-order valence-corrected chi connectivity index (χ4v) is 1.92. The molecule has 0 aliphatic rings. The SMILES string of the molecule is CCOc1ccc(C(=O)CCC(=O)OC)cc1C(C)C. The summed E-state index contributed by atoms with van der Waals surface area (Å²) in [6.07, 6.45) is 0.276. The number of hydrogen-bond acceptors (Lipinski definition) is 4. The zero-order chi connectivity index (χ0) is 15.1. The van der Waals surface area contributed by atoms with E-state index >= 15 is 0 Å². The molecule has 4 heteroatoms. The quantitative estimate of drug-likeness (QED) is 0.567. The second kappa shape index (κ2) is 7.68. The molecular weight excluding hydrogens is 256 g/mol. The number of ether oxygens (including phenoxy) is 2. The van der Waals surface area contributed by atoms with Gasteiger partial charge in [0.15, 0.2) is 5.78 Å². The summed E-state index contributed by atoms with van der Waals surface area (Å²) < 4.78 is 10.1. The molecule has 110 valence electrons. The lowest BCUT2D eigenvalue weighted by Gasteiger charge is -2.14. The fourth-order valence-electron chi connectivity index (χ4n) is 1.92. The van der Waals surface area contributed by atoms with Crippen molar-refractivity contribution in [2.24, 2.45) is 0 Å². The maximum Gasteiger partial charge on any atom is 0.305 e. The van der Waals surface area contributed by atoms with E-state index in [1.54, 1.807) is 6.07 Å². The van der Waals surface area contributed by atoms with E-state index < -0.39 is 0 Å². The Morgan fingerprint density at radius 3 is 2.45 bits per heavy atom. The average Bonchev–Trinajstić information content (AvgIpc) is 2.44. The zero-order valence-corrected chi connectivity index (χ0v) is 12.6. The van der Waals surface area contributed by atoms with Gasteiger partial charge in [0.05, 0.1) is 20.1 Å². The Bertz CT molecular complexity index is 477. The van der Waals surface area contributed by atoms with Gasteiger partial charge < -0.3 is 9.47 Å². The lowest BCUT2D eigenvalue weighted by molar-refractivity contribution is -0.140. The minimum absolute atomic E-state index is 0.0552. The Morgan fingerprint density at radius 2 is 1.90 bits per heavy atom. The van der Waals surface area contributed by atoms with Crippen molar-refractivity contribution >= 4 is 11.8 Å². The van der Waals surface area contributed by atoms with Gasteiger partial charge in [-0.25, -0.2) is 0 Å². The van der Waals surface area contributed by atoms with Gasteiger partial charge in [-0.05, 0) is 36.6 Å². The number of benzene rings is 1. The first-order valence-corrected chi connectivity index (χ1v) is 6.86. The van der Waals surface area contributed by atoms with Gasteiger partial charge in [0.2, 0.25) is 0 Å². The molecular formula is C16H22O4. The van der Waals surface area contributed by atoms with Crippen LogP contribution in [0.1, 0.15) is 55.5 Å². The summed E-state index contributed by atoms with van der Waals surface area (Å²) in [5, 5.41) is 0. The smallest absolute Gasteiger partial charge is 0.305 e. The van der Waals surface area contributed by atoms with Crippen LogP contribution in [-0.4, -0.2) is 25.5 Å². The van der Waals surface area contributed by atoms with Gasteiger partial charge in [0.25, 0.3) is 0 Å². The van der Waals surface area contributed by atoms with Crippen LogP contribution in [0.5, 0.6) is 5.75 Å². The van der Waals surface area contributed by atoms with E-state index in [4.69, 9.17) is 4.74 Å². The monoisotopic (exact) mass is 278 g/mol. The summed E-state index contributed by atoms with van der Waals surface area (Å²) >= 11 is 0.